The Labute approximate surface area is 124 Å². The Hall–Kier alpha value is -1.41. The summed E-state index contributed by atoms with van der Waals surface area (Å²) in [4.78, 5) is 24.7. The summed E-state index contributed by atoms with van der Waals surface area (Å²) in [6, 6.07) is -0.206. The molecule has 0 aromatic carbocycles. The second-order valence-corrected chi connectivity index (χ2v) is 5.79. The average molecular weight is 302 g/mol. The van der Waals surface area contributed by atoms with Crippen LogP contribution < -0.4 is 0 Å². The van der Waals surface area contributed by atoms with E-state index in [4.69, 9.17) is 16.3 Å². The summed E-state index contributed by atoms with van der Waals surface area (Å²) in [5.74, 6) is 4.52. The van der Waals surface area contributed by atoms with E-state index in [-0.39, 0.29) is 18.1 Å². The van der Waals surface area contributed by atoms with Gasteiger partial charge in [-0.2, -0.15) is 0 Å². The molecule has 0 aliphatic carbocycles. The highest BCUT2D eigenvalue weighted by Gasteiger charge is 2.26. The van der Waals surface area contributed by atoms with Gasteiger partial charge in [-0.25, -0.2) is 9.59 Å². The fraction of sp³-hybridized carbons (Fsp3) is 0.714. The Balaban J connectivity index is 2.54. The molecule has 1 aliphatic heterocycles. The van der Waals surface area contributed by atoms with E-state index in [0.29, 0.717) is 13.1 Å². The van der Waals surface area contributed by atoms with Crippen molar-refractivity contribution >= 4 is 23.7 Å². The second kappa shape index (κ2) is 7.39. The van der Waals surface area contributed by atoms with Crippen molar-refractivity contribution in [1.82, 2.24) is 4.90 Å². The van der Waals surface area contributed by atoms with Gasteiger partial charge in [-0.3, -0.25) is 0 Å². The van der Waals surface area contributed by atoms with E-state index in [1.165, 1.54) is 0 Å². The third-order valence-electron chi connectivity index (χ3n) is 2.64. The molecule has 1 aliphatic rings. The number of carbonyl (C=O) groups is 2. The molecule has 1 atom stereocenters. The second-order valence-electron chi connectivity index (χ2n) is 5.58. The number of rotatable bonds is 1. The van der Waals surface area contributed by atoms with Crippen molar-refractivity contribution in [3.63, 3.8) is 0 Å². The molecule has 20 heavy (non-hydrogen) atoms. The highest BCUT2D eigenvalue weighted by Crippen LogP contribution is 2.18. The van der Waals surface area contributed by atoms with E-state index < -0.39 is 11.6 Å². The maximum Gasteiger partial charge on any atom is 0.410 e. The predicted octanol–water partition coefficient (Wildman–Crippen LogP) is 2.38. The number of hydrogen-bond acceptors (Lipinski definition) is 4. The summed E-state index contributed by atoms with van der Waals surface area (Å²) in [6.07, 6.45) is 1.34. The molecule has 0 aromatic heterocycles. The topological polar surface area (TPSA) is 55.8 Å². The Morgan fingerprint density at radius 3 is 2.70 bits per heavy atom. The van der Waals surface area contributed by atoms with Gasteiger partial charge in [0.05, 0.1) is 0 Å². The number of ether oxygens (including phenoxy) is 2. The van der Waals surface area contributed by atoms with Crippen LogP contribution >= 0.6 is 11.6 Å². The van der Waals surface area contributed by atoms with E-state index >= 15 is 0 Å². The maximum atomic E-state index is 11.9. The zero-order valence-electron chi connectivity index (χ0n) is 12.1. The van der Waals surface area contributed by atoms with Crippen molar-refractivity contribution in [2.45, 2.75) is 39.2 Å². The lowest BCUT2D eigenvalue weighted by molar-refractivity contribution is -0.134. The van der Waals surface area contributed by atoms with Gasteiger partial charge in [-0.1, -0.05) is 17.5 Å². The molecule has 0 radical (unpaired) electrons. The van der Waals surface area contributed by atoms with Gasteiger partial charge in [0.15, 0.2) is 6.07 Å². The van der Waals surface area contributed by atoms with Gasteiger partial charge in [0.2, 0.25) is 0 Å². The van der Waals surface area contributed by atoms with E-state index in [2.05, 4.69) is 16.6 Å². The first-order valence-corrected chi connectivity index (χ1v) is 7.07. The minimum Gasteiger partial charge on any atom is -0.444 e. The molecule has 1 amide bonds. The van der Waals surface area contributed by atoms with Crippen LogP contribution in [-0.4, -0.2) is 41.7 Å². The van der Waals surface area contributed by atoms with Crippen molar-refractivity contribution in [2.75, 3.05) is 19.2 Å². The first-order chi connectivity index (χ1) is 9.31. The Bertz CT molecular complexity index is 419. The van der Waals surface area contributed by atoms with Gasteiger partial charge in [0.1, 0.15) is 5.60 Å². The summed E-state index contributed by atoms with van der Waals surface area (Å²) < 4.78 is 9.84. The molecule has 1 fully saturated rings. The molecule has 0 saturated carbocycles. The summed E-state index contributed by atoms with van der Waals surface area (Å²) >= 11 is 5.26. The zero-order valence-corrected chi connectivity index (χ0v) is 12.8. The van der Waals surface area contributed by atoms with Crippen LogP contribution in [0.4, 0.5) is 4.79 Å². The van der Waals surface area contributed by atoms with E-state index in [1.807, 2.05) is 20.8 Å². The SMILES string of the molecule is CC(C)(C)OC(=O)N1CCCC(C#CC(=O)OCCl)C1. The molecule has 1 unspecified atom stereocenters. The molecular formula is C14H20ClNO4. The van der Waals surface area contributed by atoms with Gasteiger partial charge in [-0.05, 0) is 33.6 Å². The van der Waals surface area contributed by atoms with Gasteiger partial charge >= 0.3 is 12.1 Å². The first-order valence-electron chi connectivity index (χ1n) is 6.54. The monoisotopic (exact) mass is 301 g/mol. The van der Waals surface area contributed by atoms with Crippen LogP contribution in [0, 0.1) is 17.8 Å². The van der Waals surface area contributed by atoms with E-state index in [0.717, 1.165) is 12.8 Å². The number of halogens is 1. The number of piperidine rings is 1. The molecule has 1 saturated heterocycles. The molecule has 6 heteroatoms. The van der Waals surface area contributed by atoms with Crippen LogP contribution in [0.1, 0.15) is 33.6 Å². The van der Waals surface area contributed by atoms with Crippen LogP contribution in [-0.2, 0) is 14.3 Å². The predicted molar refractivity (Wildman–Crippen MR) is 75.1 cm³/mol. The van der Waals surface area contributed by atoms with Gasteiger partial charge in [0.25, 0.3) is 0 Å². The summed E-state index contributed by atoms with van der Waals surface area (Å²) in [7, 11) is 0. The van der Waals surface area contributed by atoms with Crippen LogP contribution in [0.3, 0.4) is 0 Å². The van der Waals surface area contributed by atoms with Crippen molar-refractivity contribution in [1.29, 1.82) is 0 Å². The number of alkyl halides is 1. The molecule has 0 bridgehead atoms. The summed E-state index contributed by atoms with van der Waals surface area (Å²) in [5, 5.41) is 0. The van der Waals surface area contributed by atoms with Crippen LogP contribution in [0.5, 0.6) is 0 Å². The molecular weight excluding hydrogens is 282 g/mol. The average Bonchev–Trinajstić information content (AvgIpc) is 2.35. The van der Waals surface area contributed by atoms with Crippen LogP contribution in [0.2, 0.25) is 0 Å². The van der Waals surface area contributed by atoms with E-state index in [9.17, 15) is 9.59 Å². The highest BCUT2D eigenvalue weighted by atomic mass is 35.5. The zero-order chi connectivity index (χ0) is 15.2. The minimum atomic E-state index is -0.644. The van der Waals surface area contributed by atoms with Crippen molar-refractivity contribution in [2.24, 2.45) is 5.92 Å². The number of likely N-dealkylation sites (tertiary alicyclic amines) is 1. The van der Waals surface area contributed by atoms with Gasteiger partial charge in [0, 0.05) is 24.9 Å². The summed E-state index contributed by atoms with van der Waals surface area (Å²) in [6.45, 7) is 6.60. The molecule has 0 spiro atoms. The molecule has 1 heterocycles. The lowest BCUT2D eigenvalue weighted by Gasteiger charge is -2.32. The lowest BCUT2D eigenvalue weighted by Crippen LogP contribution is -2.42. The third-order valence-corrected chi connectivity index (χ3v) is 2.75. The normalized spacial score (nSPS) is 18.8. The van der Waals surface area contributed by atoms with Gasteiger partial charge in [-0.15, -0.1) is 0 Å². The van der Waals surface area contributed by atoms with Crippen molar-refractivity contribution in [3.05, 3.63) is 0 Å². The van der Waals surface area contributed by atoms with Crippen LogP contribution in [0.25, 0.3) is 0 Å². The Morgan fingerprint density at radius 1 is 1.40 bits per heavy atom. The smallest absolute Gasteiger partial charge is 0.410 e. The highest BCUT2D eigenvalue weighted by molar-refractivity contribution is 6.17. The standard InChI is InChI=1S/C14H20ClNO4/c1-14(2,3)20-13(18)16-8-4-5-11(9-16)6-7-12(17)19-10-15/h11H,4-5,8-10H2,1-3H3. The quantitative estimate of drug-likeness (QED) is 0.323. The van der Waals surface area contributed by atoms with Crippen LogP contribution in [0.15, 0.2) is 0 Å². The molecule has 5 nitrogen and oxygen atoms in total. The molecule has 1 rings (SSSR count). The number of amides is 1. The number of carbonyl (C=O) groups excluding carboxylic acids is 2. The summed E-state index contributed by atoms with van der Waals surface area (Å²) in [5.41, 5.74) is -0.514. The third kappa shape index (κ3) is 6.16. The Morgan fingerprint density at radius 2 is 2.10 bits per heavy atom. The largest absolute Gasteiger partial charge is 0.444 e. The number of nitrogens with zero attached hydrogens (tertiary/aromatic N) is 1. The molecule has 0 N–H and O–H groups in total. The fourth-order valence-corrected chi connectivity index (χ4v) is 1.93. The maximum absolute atomic E-state index is 11.9. The van der Waals surface area contributed by atoms with Crippen molar-refractivity contribution < 1.29 is 19.1 Å². The minimum absolute atomic E-state index is 0.0425. The fourth-order valence-electron chi connectivity index (χ4n) is 1.83. The van der Waals surface area contributed by atoms with Gasteiger partial charge < -0.3 is 14.4 Å². The number of hydrogen-bond donors (Lipinski definition) is 0. The Kier molecular flexibility index (Phi) is 6.15. The molecule has 112 valence electrons. The molecule has 0 aromatic rings. The lowest BCUT2D eigenvalue weighted by atomic mass is 9.99. The number of esters is 1. The van der Waals surface area contributed by atoms with E-state index in [1.54, 1.807) is 4.90 Å². The first kappa shape index (κ1) is 16.6. The van der Waals surface area contributed by atoms with Crippen molar-refractivity contribution in [3.8, 4) is 11.8 Å².